The first-order chi connectivity index (χ1) is 14.8. The summed E-state index contributed by atoms with van der Waals surface area (Å²) in [6.45, 7) is 5.51. The molecule has 2 aromatic rings. The maximum Gasteiger partial charge on any atom is 0.326 e. The minimum atomic E-state index is -1.33. The highest BCUT2D eigenvalue weighted by atomic mass is 16.5. The van der Waals surface area contributed by atoms with Crippen LogP contribution in [-0.4, -0.2) is 37.0 Å². The molecule has 0 unspecified atom stereocenters. The first-order valence-electron chi connectivity index (χ1n) is 10.4. The zero-order valence-corrected chi connectivity index (χ0v) is 18.0. The van der Waals surface area contributed by atoms with Gasteiger partial charge in [0, 0.05) is 12.1 Å². The Morgan fingerprint density at radius 2 is 1.87 bits per heavy atom. The van der Waals surface area contributed by atoms with Crippen LogP contribution in [0.3, 0.4) is 0 Å². The maximum atomic E-state index is 13.6. The van der Waals surface area contributed by atoms with Crippen LogP contribution in [0.5, 0.6) is 5.75 Å². The van der Waals surface area contributed by atoms with Gasteiger partial charge in [0.05, 0.1) is 31.2 Å². The normalized spacial score (nSPS) is 27.4. The molecule has 4 atom stereocenters. The molecule has 0 aromatic heterocycles. The average molecular weight is 422 g/mol. The van der Waals surface area contributed by atoms with E-state index in [1.54, 1.807) is 38.1 Å². The lowest BCUT2D eigenvalue weighted by atomic mass is 9.80. The number of hydrogen-bond donors (Lipinski definition) is 1. The molecule has 31 heavy (non-hydrogen) atoms. The Morgan fingerprint density at radius 3 is 2.55 bits per heavy atom. The van der Waals surface area contributed by atoms with Gasteiger partial charge in [-0.1, -0.05) is 30.3 Å². The fourth-order valence-corrected chi connectivity index (χ4v) is 4.81. The molecule has 0 bridgehead atoms. The van der Waals surface area contributed by atoms with Gasteiger partial charge in [0.25, 0.3) is 0 Å². The number of fused-ring (bicyclic) bond motifs is 1. The zero-order valence-electron chi connectivity index (χ0n) is 18.0. The van der Waals surface area contributed by atoms with E-state index in [1.807, 2.05) is 31.2 Å². The van der Waals surface area contributed by atoms with Crippen LogP contribution in [0, 0.1) is 18.8 Å². The Labute approximate surface area is 181 Å². The number of ether oxygens (including phenoxy) is 2. The van der Waals surface area contributed by atoms with Gasteiger partial charge in [0.15, 0.2) is 0 Å². The maximum absolute atomic E-state index is 13.6. The SMILES string of the molecule is CCOC(=O)[C@]1(C)N[C@H](c2ccccc2C)[C@H]2C(=O)N(c3cccc(OC)c3)C(=O)[C@@H]21. The van der Waals surface area contributed by atoms with E-state index in [-0.39, 0.29) is 12.5 Å². The van der Waals surface area contributed by atoms with Crippen LogP contribution in [0.1, 0.15) is 31.0 Å². The summed E-state index contributed by atoms with van der Waals surface area (Å²) in [5, 5.41) is 3.30. The van der Waals surface area contributed by atoms with Gasteiger partial charge in [-0.15, -0.1) is 0 Å². The van der Waals surface area contributed by atoms with E-state index in [4.69, 9.17) is 9.47 Å². The van der Waals surface area contributed by atoms with Gasteiger partial charge in [0.1, 0.15) is 11.3 Å². The van der Waals surface area contributed by atoms with Crippen molar-refractivity contribution in [3.63, 3.8) is 0 Å². The van der Waals surface area contributed by atoms with E-state index in [2.05, 4.69) is 5.32 Å². The predicted octanol–water partition coefficient (Wildman–Crippen LogP) is 2.78. The number of carbonyl (C=O) groups is 3. The average Bonchev–Trinajstić information content (AvgIpc) is 3.22. The van der Waals surface area contributed by atoms with Crippen LogP contribution < -0.4 is 15.0 Å². The number of amides is 2. The number of benzene rings is 2. The summed E-state index contributed by atoms with van der Waals surface area (Å²) in [7, 11) is 1.53. The summed E-state index contributed by atoms with van der Waals surface area (Å²) >= 11 is 0. The van der Waals surface area contributed by atoms with E-state index in [1.165, 1.54) is 12.0 Å². The molecule has 1 N–H and O–H groups in total. The highest BCUT2D eigenvalue weighted by Gasteiger charge is 2.67. The highest BCUT2D eigenvalue weighted by molar-refractivity contribution is 6.24. The molecule has 2 amide bonds. The molecule has 162 valence electrons. The van der Waals surface area contributed by atoms with Crippen molar-refractivity contribution in [2.24, 2.45) is 11.8 Å². The molecule has 0 radical (unpaired) electrons. The number of nitrogens with one attached hydrogen (secondary N) is 1. The Balaban J connectivity index is 1.83. The molecular weight excluding hydrogens is 396 g/mol. The van der Waals surface area contributed by atoms with Crippen LogP contribution in [0.2, 0.25) is 0 Å². The third kappa shape index (κ3) is 3.20. The zero-order chi connectivity index (χ0) is 22.3. The topological polar surface area (TPSA) is 84.9 Å². The van der Waals surface area contributed by atoms with Crippen molar-refractivity contribution in [3.8, 4) is 5.75 Å². The van der Waals surface area contributed by atoms with Gasteiger partial charge in [0.2, 0.25) is 11.8 Å². The van der Waals surface area contributed by atoms with Crippen molar-refractivity contribution in [1.82, 2.24) is 5.32 Å². The Hall–Kier alpha value is -3.19. The van der Waals surface area contributed by atoms with Crippen molar-refractivity contribution in [1.29, 1.82) is 0 Å². The highest BCUT2D eigenvalue weighted by Crippen LogP contribution is 2.50. The Morgan fingerprint density at radius 1 is 1.13 bits per heavy atom. The third-order valence-corrected chi connectivity index (χ3v) is 6.32. The summed E-state index contributed by atoms with van der Waals surface area (Å²) in [6.07, 6.45) is 0. The van der Waals surface area contributed by atoms with Crippen LogP contribution in [0.25, 0.3) is 0 Å². The quantitative estimate of drug-likeness (QED) is 0.589. The standard InChI is InChI=1S/C24H26N2O5/c1-5-31-23(29)24(3)19-18(20(25-24)17-12-7-6-9-14(17)2)21(27)26(22(19)28)15-10-8-11-16(13-15)30-4/h6-13,18-20,25H,5H2,1-4H3/t18-,19+,20+,24+/m0/s1. The molecule has 2 fully saturated rings. The van der Waals surface area contributed by atoms with E-state index < -0.39 is 35.3 Å². The molecule has 0 saturated carbocycles. The van der Waals surface area contributed by atoms with Crippen molar-refractivity contribution in [3.05, 3.63) is 59.7 Å². The fraction of sp³-hybridized carbons (Fsp3) is 0.375. The number of carbonyl (C=O) groups excluding carboxylic acids is 3. The van der Waals surface area contributed by atoms with E-state index in [0.717, 1.165) is 11.1 Å². The number of rotatable bonds is 5. The second kappa shape index (κ2) is 7.81. The number of hydrogen-bond acceptors (Lipinski definition) is 6. The molecule has 0 spiro atoms. The summed E-state index contributed by atoms with van der Waals surface area (Å²) in [6, 6.07) is 14.0. The van der Waals surface area contributed by atoms with E-state index in [0.29, 0.717) is 11.4 Å². The fourth-order valence-electron chi connectivity index (χ4n) is 4.81. The smallest absolute Gasteiger partial charge is 0.326 e. The number of methoxy groups -OCH3 is 1. The van der Waals surface area contributed by atoms with Gasteiger partial charge >= 0.3 is 5.97 Å². The number of aryl methyl sites for hydroxylation is 1. The van der Waals surface area contributed by atoms with Crippen molar-refractivity contribution in [2.75, 3.05) is 18.6 Å². The van der Waals surface area contributed by atoms with Crippen LogP contribution in [-0.2, 0) is 19.1 Å². The number of anilines is 1. The predicted molar refractivity (Wildman–Crippen MR) is 115 cm³/mol. The van der Waals surface area contributed by atoms with Gasteiger partial charge in [-0.3, -0.25) is 19.7 Å². The minimum absolute atomic E-state index is 0.185. The molecule has 2 aliphatic heterocycles. The van der Waals surface area contributed by atoms with E-state index >= 15 is 0 Å². The second-order valence-electron chi connectivity index (χ2n) is 8.12. The number of nitrogens with zero attached hydrogens (tertiary/aromatic N) is 1. The van der Waals surface area contributed by atoms with Crippen LogP contribution in [0.15, 0.2) is 48.5 Å². The van der Waals surface area contributed by atoms with Crippen LogP contribution >= 0.6 is 0 Å². The molecule has 7 heteroatoms. The molecule has 2 aliphatic rings. The first kappa shape index (κ1) is 21.1. The molecule has 2 aromatic carbocycles. The van der Waals surface area contributed by atoms with Crippen LogP contribution in [0.4, 0.5) is 5.69 Å². The van der Waals surface area contributed by atoms with Gasteiger partial charge in [-0.05, 0) is 44.0 Å². The molecule has 2 heterocycles. The van der Waals surface area contributed by atoms with Gasteiger partial charge in [-0.25, -0.2) is 4.90 Å². The molecular formula is C24H26N2O5. The summed E-state index contributed by atoms with van der Waals surface area (Å²) in [5.41, 5.74) is 0.971. The lowest BCUT2D eigenvalue weighted by Gasteiger charge is -2.29. The lowest BCUT2D eigenvalue weighted by molar-refractivity contribution is -0.153. The molecule has 7 nitrogen and oxygen atoms in total. The molecule has 0 aliphatic carbocycles. The number of imide groups is 1. The molecule has 4 rings (SSSR count). The van der Waals surface area contributed by atoms with Gasteiger partial charge < -0.3 is 9.47 Å². The Kier molecular flexibility index (Phi) is 5.31. The van der Waals surface area contributed by atoms with Crippen molar-refractivity contribution >= 4 is 23.5 Å². The first-order valence-corrected chi connectivity index (χ1v) is 10.4. The third-order valence-electron chi connectivity index (χ3n) is 6.32. The van der Waals surface area contributed by atoms with Crippen molar-refractivity contribution < 1.29 is 23.9 Å². The Bertz CT molecular complexity index is 1050. The number of esters is 1. The largest absolute Gasteiger partial charge is 0.497 e. The summed E-state index contributed by atoms with van der Waals surface area (Å²) in [5.74, 6) is -2.35. The summed E-state index contributed by atoms with van der Waals surface area (Å²) < 4.78 is 10.6. The minimum Gasteiger partial charge on any atom is -0.497 e. The van der Waals surface area contributed by atoms with E-state index in [9.17, 15) is 14.4 Å². The summed E-state index contributed by atoms with van der Waals surface area (Å²) in [4.78, 5) is 41.4. The second-order valence-corrected chi connectivity index (χ2v) is 8.12. The lowest BCUT2D eigenvalue weighted by Crippen LogP contribution is -2.54. The molecule has 2 saturated heterocycles. The van der Waals surface area contributed by atoms with Gasteiger partial charge in [-0.2, -0.15) is 0 Å². The monoisotopic (exact) mass is 422 g/mol. The van der Waals surface area contributed by atoms with Crippen molar-refractivity contribution in [2.45, 2.75) is 32.4 Å².